The minimum Gasteiger partial charge on any atom is -0.497 e. The van der Waals surface area contributed by atoms with E-state index >= 15 is 0 Å². The molecule has 0 amide bonds. The predicted molar refractivity (Wildman–Crippen MR) is 61.3 cm³/mol. The smallest absolute Gasteiger partial charge is 0.497 e. The van der Waals surface area contributed by atoms with E-state index in [4.69, 9.17) is 4.74 Å². The molecule has 1 rings (SSSR count). The van der Waals surface area contributed by atoms with Gasteiger partial charge in [0.1, 0.15) is 5.75 Å². The van der Waals surface area contributed by atoms with E-state index in [1.54, 1.807) is 7.11 Å². The number of halogens is 2. The van der Waals surface area contributed by atoms with Crippen LogP contribution >= 0.6 is 25.8 Å². The molecule has 0 N–H and O–H groups in total. The fourth-order valence-corrected chi connectivity index (χ4v) is 0.742. The van der Waals surface area contributed by atoms with E-state index in [0.29, 0.717) is 0 Å². The zero-order valence-electron chi connectivity index (χ0n) is 7.18. The molecule has 0 aliphatic rings. The molecule has 0 aromatic heterocycles. The highest BCUT2D eigenvalue weighted by molar-refractivity contribution is 9.47. The Kier molecular flexibility index (Phi) is 8.87. The van der Waals surface area contributed by atoms with Gasteiger partial charge in [0.15, 0.2) is 0 Å². The summed E-state index contributed by atoms with van der Waals surface area (Å²) in [5.74, 6) is 0.926. The second kappa shape index (κ2) is 8.35. The number of methoxy groups -OCH3 is 1. The Morgan fingerprint density at radius 2 is 1.92 bits per heavy atom. The van der Waals surface area contributed by atoms with Crippen LogP contribution in [0.1, 0.15) is 5.56 Å². The molecule has 0 bridgehead atoms. The summed E-state index contributed by atoms with van der Waals surface area (Å²) in [7, 11) is 1.68. The van der Waals surface area contributed by atoms with Gasteiger partial charge in [0.05, 0.1) is 7.11 Å². The van der Waals surface area contributed by atoms with E-state index in [9.17, 15) is 0 Å². The van der Waals surface area contributed by atoms with Crippen molar-refractivity contribution in [3.8, 4) is 5.75 Å². The number of aryl methyl sites for hydroxylation is 1. The molecule has 0 aliphatic heterocycles. The van der Waals surface area contributed by atoms with Crippen LogP contribution in [0.25, 0.3) is 0 Å². The van der Waals surface area contributed by atoms with Gasteiger partial charge in [-0.25, -0.2) is 0 Å². The van der Waals surface area contributed by atoms with Crippen LogP contribution in [-0.2, 0) is 0 Å². The molecule has 0 saturated heterocycles. The van der Waals surface area contributed by atoms with Crippen molar-refractivity contribution >= 4 is 41.8 Å². The van der Waals surface area contributed by atoms with E-state index in [1.165, 1.54) is 5.56 Å². The number of ether oxygens (including phenoxy) is 1. The summed E-state index contributed by atoms with van der Waals surface area (Å²) in [6.45, 7) is 2.04. The normalized spacial score (nSPS) is 7.67. The molecule has 0 atom stereocenters. The lowest BCUT2D eigenvalue weighted by molar-refractivity contribution is 0.414. The van der Waals surface area contributed by atoms with Gasteiger partial charge in [-0.05, 0) is 24.6 Å². The van der Waals surface area contributed by atoms with Crippen molar-refractivity contribution in [1.82, 2.24) is 0 Å². The molecular weight excluding hydrogens is 296 g/mol. The monoisotopic (exact) mass is 304 g/mol. The molecule has 12 heavy (non-hydrogen) atoms. The van der Waals surface area contributed by atoms with Crippen molar-refractivity contribution < 1.29 is 4.74 Å². The predicted octanol–water partition coefficient (Wildman–Crippen LogP) is 3.31. The molecule has 1 aromatic rings. The van der Waals surface area contributed by atoms with Crippen LogP contribution in [0, 0.1) is 6.92 Å². The van der Waals surface area contributed by atoms with Gasteiger partial charge in [0.2, 0.25) is 0 Å². The molecule has 0 spiro atoms. The Bertz CT molecular complexity index is 218. The van der Waals surface area contributed by atoms with Crippen molar-refractivity contribution in [2.24, 2.45) is 0 Å². The van der Waals surface area contributed by atoms with Crippen molar-refractivity contribution in [2.75, 3.05) is 7.11 Å². The minimum absolute atomic E-state index is 0.0417. The van der Waals surface area contributed by atoms with Crippen molar-refractivity contribution in [3.05, 3.63) is 29.8 Å². The third-order valence-electron chi connectivity index (χ3n) is 1.23. The van der Waals surface area contributed by atoms with Gasteiger partial charge in [-0.3, -0.25) is 25.8 Å². The Morgan fingerprint density at radius 3 is 2.25 bits per heavy atom. The number of rotatable bonds is 1. The average molecular weight is 306 g/mol. The molecule has 0 radical (unpaired) electrons. The summed E-state index contributed by atoms with van der Waals surface area (Å²) in [5.41, 5.74) is 1.23. The molecule has 0 heterocycles. The molecule has 0 unspecified atom stereocenters. The highest BCUT2D eigenvalue weighted by Gasteiger charge is 1.86. The fourth-order valence-electron chi connectivity index (χ4n) is 0.742. The highest BCUT2D eigenvalue weighted by Crippen LogP contribution is 2.10. The molecule has 1 nitrogen and oxygen atoms in total. The average Bonchev–Trinajstić information content (AvgIpc) is 2.06. The van der Waals surface area contributed by atoms with Crippen LogP contribution < -0.4 is 4.74 Å². The SMILES string of the molecule is COc1cccc(C)c1.[Br][Mg][Br]. The van der Waals surface area contributed by atoms with Crippen LogP contribution in [0.15, 0.2) is 24.3 Å². The molecule has 0 fully saturated rings. The van der Waals surface area contributed by atoms with Gasteiger partial charge in [0, 0.05) is 0 Å². The summed E-state index contributed by atoms with van der Waals surface area (Å²) in [6.07, 6.45) is 0. The van der Waals surface area contributed by atoms with E-state index in [-0.39, 0.29) is 16.0 Å². The summed E-state index contributed by atoms with van der Waals surface area (Å²) < 4.78 is 5.00. The van der Waals surface area contributed by atoms with Gasteiger partial charge in [-0.2, -0.15) is 0 Å². The van der Waals surface area contributed by atoms with E-state index in [1.807, 2.05) is 31.2 Å². The topological polar surface area (TPSA) is 9.23 Å². The quantitative estimate of drug-likeness (QED) is 0.723. The molecule has 0 aliphatic carbocycles. The first kappa shape index (κ1) is 12.7. The maximum absolute atomic E-state index is 5.00. The molecular formula is C8H10Br2MgO. The zero-order chi connectivity index (χ0) is 9.40. The Morgan fingerprint density at radius 1 is 1.33 bits per heavy atom. The lowest BCUT2D eigenvalue weighted by atomic mass is 10.2. The fraction of sp³-hybridized carbons (Fsp3) is 0.250. The standard InChI is InChI=1S/C8H10O.2BrH.Mg/c1-7-4-3-5-8(6-7)9-2;;;/h3-6H,1-2H3;2*1H;/q;;;+2/p-2. The van der Waals surface area contributed by atoms with Crippen molar-refractivity contribution in [1.29, 1.82) is 0 Å². The first-order chi connectivity index (χ1) is 5.74. The van der Waals surface area contributed by atoms with E-state index in [0.717, 1.165) is 5.75 Å². The minimum atomic E-state index is 0.0417. The van der Waals surface area contributed by atoms with Gasteiger partial charge >= 0.3 is 16.0 Å². The summed E-state index contributed by atoms with van der Waals surface area (Å²) in [6, 6.07) is 7.96. The Hall–Kier alpha value is 0.746. The van der Waals surface area contributed by atoms with Gasteiger partial charge in [0.25, 0.3) is 0 Å². The summed E-state index contributed by atoms with van der Waals surface area (Å²) in [4.78, 5) is 0. The third kappa shape index (κ3) is 6.28. The number of hydrogen-bond donors (Lipinski definition) is 0. The molecule has 1 aromatic carbocycles. The van der Waals surface area contributed by atoms with Gasteiger partial charge in [-0.15, -0.1) is 0 Å². The number of benzene rings is 1. The second-order valence-electron chi connectivity index (χ2n) is 2.12. The molecule has 64 valence electrons. The third-order valence-corrected chi connectivity index (χ3v) is 1.23. The van der Waals surface area contributed by atoms with Crippen LogP contribution in [0.4, 0.5) is 0 Å². The first-order valence-electron chi connectivity index (χ1n) is 3.47. The van der Waals surface area contributed by atoms with Crippen molar-refractivity contribution in [3.63, 3.8) is 0 Å². The lowest BCUT2D eigenvalue weighted by Crippen LogP contribution is -1.81. The highest BCUT2D eigenvalue weighted by atomic mass is 79.9. The maximum Gasteiger partial charge on any atom is 0.560 e. The van der Waals surface area contributed by atoms with E-state index in [2.05, 4.69) is 25.8 Å². The Balaban J connectivity index is 0.000000354. The number of hydrogen-bond acceptors (Lipinski definition) is 1. The van der Waals surface area contributed by atoms with Crippen LogP contribution in [0.5, 0.6) is 5.75 Å². The second-order valence-corrected chi connectivity index (χ2v) is 10.2. The van der Waals surface area contributed by atoms with E-state index < -0.39 is 0 Å². The van der Waals surface area contributed by atoms with Crippen LogP contribution in [0.2, 0.25) is 0 Å². The van der Waals surface area contributed by atoms with Crippen LogP contribution in [0.3, 0.4) is 0 Å². The van der Waals surface area contributed by atoms with Gasteiger partial charge in [-0.1, -0.05) is 12.1 Å². The Labute approximate surface area is 95.3 Å². The summed E-state index contributed by atoms with van der Waals surface area (Å²) >= 11 is 6.44. The van der Waals surface area contributed by atoms with Crippen LogP contribution in [-0.4, -0.2) is 23.1 Å². The van der Waals surface area contributed by atoms with Crippen molar-refractivity contribution in [2.45, 2.75) is 6.92 Å². The zero-order valence-corrected chi connectivity index (χ0v) is 11.8. The summed E-state index contributed by atoms with van der Waals surface area (Å²) in [5, 5.41) is 0. The molecule has 0 saturated carbocycles. The molecule has 4 heteroatoms. The maximum atomic E-state index is 5.00. The lowest BCUT2D eigenvalue weighted by Gasteiger charge is -1.97. The first-order valence-corrected chi connectivity index (χ1v) is 11.3. The van der Waals surface area contributed by atoms with Gasteiger partial charge < -0.3 is 4.74 Å². The largest absolute Gasteiger partial charge is 0.560 e.